The summed E-state index contributed by atoms with van der Waals surface area (Å²) < 4.78 is 1.26. The minimum absolute atomic E-state index is 0.329. The van der Waals surface area contributed by atoms with E-state index >= 15 is 0 Å². The molecule has 20 heavy (non-hydrogen) atoms. The van der Waals surface area contributed by atoms with E-state index in [4.69, 9.17) is 0 Å². The number of hydrogen-bond acceptors (Lipinski definition) is 1. The second-order valence-corrected chi connectivity index (χ2v) is 6.46. The minimum Gasteiger partial charge on any atom is -0.379 e. The van der Waals surface area contributed by atoms with Crippen LogP contribution in [0, 0.1) is 3.57 Å². The number of rotatable bonds is 6. The predicted octanol–water partition coefficient (Wildman–Crippen LogP) is 5.81. The Bertz CT molecular complexity index is 516. The molecule has 2 rings (SSSR count). The molecule has 1 atom stereocenters. The van der Waals surface area contributed by atoms with Crippen molar-refractivity contribution in [3.63, 3.8) is 0 Å². The molecule has 0 aromatic heterocycles. The Morgan fingerprint density at radius 3 is 2.25 bits per heavy atom. The quantitative estimate of drug-likeness (QED) is 0.625. The third-order valence-corrected chi connectivity index (χ3v) is 4.25. The van der Waals surface area contributed by atoms with Crippen LogP contribution < -0.4 is 5.32 Å². The van der Waals surface area contributed by atoms with E-state index in [1.165, 1.54) is 39.6 Å². The van der Waals surface area contributed by atoms with E-state index in [2.05, 4.69) is 90.3 Å². The molecule has 1 N–H and O–H groups in total. The highest BCUT2D eigenvalue weighted by atomic mass is 127. The SMILES string of the molecule is CCCCc1ccc(C(C)Nc2ccc(I)cc2)cc1. The molecule has 0 aliphatic heterocycles. The summed E-state index contributed by atoms with van der Waals surface area (Å²) in [6, 6.07) is 17.9. The Labute approximate surface area is 135 Å². The van der Waals surface area contributed by atoms with Crippen LogP contribution in [0.15, 0.2) is 48.5 Å². The molecular formula is C18H22IN. The summed E-state index contributed by atoms with van der Waals surface area (Å²) >= 11 is 2.33. The smallest absolute Gasteiger partial charge is 0.0485 e. The fourth-order valence-corrected chi connectivity index (χ4v) is 2.59. The van der Waals surface area contributed by atoms with Gasteiger partial charge in [-0.25, -0.2) is 0 Å². The van der Waals surface area contributed by atoms with Crippen molar-refractivity contribution in [2.24, 2.45) is 0 Å². The number of nitrogens with one attached hydrogen (secondary N) is 1. The summed E-state index contributed by atoms with van der Waals surface area (Å²) in [6.45, 7) is 4.44. The summed E-state index contributed by atoms with van der Waals surface area (Å²) in [6.07, 6.45) is 3.72. The molecule has 106 valence electrons. The second-order valence-electron chi connectivity index (χ2n) is 5.22. The zero-order valence-electron chi connectivity index (χ0n) is 12.2. The Morgan fingerprint density at radius 1 is 1.00 bits per heavy atom. The van der Waals surface area contributed by atoms with Gasteiger partial charge in [-0.1, -0.05) is 37.6 Å². The molecule has 1 nitrogen and oxygen atoms in total. The van der Waals surface area contributed by atoms with Gasteiger partial charge >= 0.3 is 0 Å². The highest BCUT2D eigenvalue weighted by Crippen LogP contribution is 2.20. The number of halogens is 1. The van der Waals surface area contributed by atoms with Gasteiger partial charge in [0.1, 0.15) is 0 Å². The number of anilines is 1. The first kappa shape index (κ1) is 15.4. The maximum atomic E-state index is 3.54. The Hall–Kier alpha value is -1.03. The molecule has 0 aliphatic rings. The first-order valence-corrected chi connectivity index (χ1v) is 8.38. The van der Waals surface area contributed by atoms with Crippen LogP contribution >= 0.6 is 22.6 Å². The molecule has 0 bridgehead atoms. The Balaban J connectivity index is 1.98. The first-order valence-electron chi connectivity index (χ1n) is 7.30. The summed E-state index contributed by atoms with van der Waals surface area (Å²) in [7, 11) is 0. The fourth-order valence-electron chi connectivity index (χ4n) is 2.23. The van der Waals surface area contributed by atoms with Gasteiger partial charge in [-0.3, -0.25) is 0 Å². The molecule has 1 unspecified atom stereocenters. The van der Waals surface area contributed by atoms with Gasteiger partial charge in [0.05, 0.1) is 0 Å². The molecule has 0 fully saturated rings. The lowest BCUT2D eigenvalue weighted by molar-refractivity contribution is 0.793. The van der Waals surface area contributed by atoms with Crippen molar-refractivity contribution in [1.29, 1.82) is 0 Å². The van der Waals surface area contributed by atoms with Crippen molar-refractivity contribution in [3.8, 4) is 0 Å². The van der Waals surface area contributed by atoms with E-state index in [9.17, 15) is 0 Å². The zero-order chi connectivity index (χ0) is 14.4. The highest BCUT2D eigenvalue weighted by Gasteiger charge is 2.05. The molecule has 0 spiro atoms. The van der Waals surface area contributed by atoms with Crippen molar-refractivity contribution >= 4 is 28.3 Å². The van der Waals surface area contributed by atoms with Crippen molar-refractivity contribution in [1.82, 2.24) is 0 Å². The standard InChI is InChI=1S/C18H22IN/c1-3-4-5-15-6-8-16(9-7-15)14(2)20-18-12-10-17(19)11-13-18/h6-14,20H,3-5H2,1-2H3. The molecule has 0 aliphatic carbocycles. The van der Waals surface area contributed by atoms with Crippen LogP contribution in [0.4, 0.5) is 5.69 Å². The van der Waals surface area contributed by atoms with E-state index in [0.29, 0.717) is 6.04 Å². The molecule has 0 radical (unpaired) electrons. The highest BCUT2D eigenvalue weighted by molar-refractivity contribution is 14.1. The summed E-state index contributed by atoms with van der Waals surface area (Å²) in [5.74, 6) is 0. The molecule has 2 heteroatoms. The van der Waals surface area contributed by atoms with E-state index in [0.717, 1.165) is 0 Å². The molecule has 2 aromatic carbocycles. The molecule has 0 saturated carbocycles. The van der Waals surface area contributed by atoms with Gasteiger partial charge in [0.15, 0.2) is 0 Å². The van der Waals surface area contributed by atoms with Gasteiger partial charge in [0.2, 0.25) is 0 Å². The lowest BCUT2D eigenvalue weighted by atomic mass is 10.0. The average Bonchev–Trinajstić information content (AvgIpc) is 2.48. The lowest BCUT2D eigenvalue weighted by Crippen LogP contribution is -2.06. The zero-order valence-corrected chi connectivity index (χ0v) is 14.4. The van der Waals surface area contributed by atoms with E-state index in [1.54, 1.807) is 0 Å². The average molecular weight is 379 g/mol. The van der Waals surface area contributed by atoms with Gasteiger partial charge in [-0.15, -0.1) is 0 Å². The Morgan fingerprint density at radius 2 is 1.65 bits per heavy atom. The third-order valence-electron chi connectivity index (χ3n) is 3.53. The maximum absolute atomic E-state index is 3.54. The van der Waals surface area contributed by atoms with Crippen molar-refractivity contribution in [3.05, 3.63) is 63.2 Å². The van der Waals surface area contributed by atoms with Crippen LogP contribution in [0.5, 0.6) is 0 Å². The second kappa shape index (κ2) is 7.67. The third kappa shape index (κ3) is 4.51. The van der Waals surface area contributed by atoms with Crippen molar-refractivity contribution in [2.75, 3.05) is 5.32 Å². The summed E-state index contributed by atoms with van der Waals surface area (Å²) in [5.41, 5.74) is 3.95. The van der Waals surface area contributed by atoms with Crippen LogP contribution in [0.25, 0.3) is 0 Å². The van der Waals surface area contributed by atoms with Crippen LogP contribution in [0.1, 0.15) is 43.9 Å². The molecule has 0 amide bonds. The largest absolute Gasteiger partial charge is 0.379 e. The van der Waals surface area contributed by atoms with E-state index in [-0.39, 0.29) is 0 Å². The van der Waals surface area contributed by atoms with Gasteiger partial charge in [-0.2, -0.15) is 0 Å². The number of benzene rings is 2. The lowest BCUT2D eigenvalue weighted by Gasteiger charge is -2.16. The van der Waals surface area contributed by atoms with E-state index < -0.39 is 0 Å². The van der Waals surface area contributed by atoms with Gasteiger partial charge in [0, 0.05) is 15.3 Å². The van der Waals surface area contributed by atoms with Crippen LogP contribution in [-0.4, -0.2) is 0 Å². The fraction of sp³-hybridized carbons (Fsp3) is 0.333. The van der Waals surface area contributed by atoms with Crippen molar-refractivity contribution < 1.29 is 0 Å². The van der Waals surface area contributed by atoms with Crippen molar-refractivity contribution in [2.45, 2.75) is 39.2 Å². The molecular weight excluding hydrogens is 357 g/mol. The van der Waals surface area contributed by atoms with Gasteiger partial charge in [-0.05, 0) is 77.7 Å². The van der Waals surface area contributed by atoms with Crippen LogP contribution in [0.3, 0.4) is 0 Å². The van der Waals surface area contributed by atoms with Gasteiger partial charge < -0.3 is 5.32 Å². The number of unbranched alkanes of at least 4 members (excludes halogenated alkanes) is 1. The number of aryl methyl sites for hydroxylation is 1. The summed E-state index contributed by atoms with van der Waals surface area (Å²) in [5, 5.41) is 3.54. The monoisotopic (exact) mass is 379 g/mol. The molecule has 2 aromatic rings. The summed E-state index contributed by atoms with van der Waals surface area (Å²) in [4.78, 5) is 0. The molecule has 0 heterocycles. The topological polar surface area (TPSA) is 12.0 Å². The van der Waals surface area contributed by atoms with Crippen LogP contribution in [0.2, 0.25) is 0 Å². The Kier molecular flexibility index (Phi) is 5.89. The number of hydrogen-bond donors (Lipinski definition) is 1. The van der Waals surface area contributed by atoms with Gasteiger partial charge in [0.25, 0.3) is 0 Å². The first-order chi connectivity index (χ1) is 9.69. The van der Waals surface area contributed by atoms with E-state index in [1.807, 2.05) is 0 Å². The normalized spacial score (nSPS) is 12.2. The minimum atomic E-state index is 0.329. The predicted molar refractivity (Wildman–Crippen MR) is 96.3 cm³/mol. The molecule has 0 saturated heterocycles. The van der Waals surface area contributed by atoms with Crippen LogP contribution in [-0.2, 0) is 6.42 Å². The maximum Gasteiger partial charge on any atom is 0.0485 e.